The Hall–Kier alpha value is -0.870. The van der Waals surface area contributed by atoms with Gasteiger partial charge in [0.1, 0.15) is 12.4 Å². The molecule has 1 saturated carbocycles. The average Bonchev–Trinajstić information content (AvgIpc) is 3.17. The number of hydrogen-bond acceptors (Lipinski definition) is 4. The van der Waals surface area contributed by atoms with Crippen molar-refractivity contribution in [2.45, 2.75) is 71.5 Å². The van der Waals surface area contributed by atoms with Crippen LogP contribution in [0.5, 0.6) is 0 Å². The van der Waals surface area contributed by atoms with E-state index in [9.17, 15) is 0 Å². The van der Waals surface area contributed by atoms with Gasteiger partial charge in [-0.2, -0.15) is 0 Å². The van der Waals surface area contributed by atoms with Crippen LogP contribution in [0.3, 0.4) is 0 Å². The highest BCUT2D eigenvalue weighted by Crippen LogP contribution is 2.33. The molecule has 0 atom stereocenters. The lowest BCUT2D eigenvalue weighted by Crippen LogP contribution is -2.60. The van der Waals surface area contributed by atoms with Gasteiger partial charge in [0.2, 0.25) is 0 Å². The van der Waals surface area contributed by atoms with Crippen molar-refractivity contribution >= 4 is 29.9 Å². The summed E-state index contributed by atoms with van der Waals surface area (Å²) in [6.45, 7) is 13.8. The maximum Gasteiger partial charge on any atom is 0.191 e. The van der Waals surface area contributed by atoms with Gasteiger partial charge in [-0.1, -0.05) is 33.1 Å². The molecule has 0 radical (unpaired) electrons. The van der Waals surface area contributed by atoms with Crippen LogP contribution in [0.1, 0.15) is 58.7 Å². The highest BCUT2D eigenvalue weighted by Gasteiger charge is 2.38. The van der Waals surface area contributed by atoms with E-state index in [-0.39, 0.29) is 29.5 Å². The smallest absolute Gasteiger partial charge is 0.191 e. The van der Waals surface area contributed by atoms with Gasteiger partial charge in [0.05, 0.1) is 13.2 Å². The number of nitrogens with zero attached hydrogens (tertiary/aromatic N) is 4. The molecule has 2 heterocycles. The first-order valence-electron chi connectivity index (χ1n) is 11.5. The molecule has 172 valence electrons. The van der Waals surface area contributed by atoms with Crippen LogP contribution in [-0.2, 0) is 17.8 Å². The summed E-state index contributed by atoms with van der Waals surface area (Å²) in [6, 6.07) is 0. The van der Waals surface area contributed by atoms with Crippen molar-refractivity contribution in [1.29, 1.82) is 0 Å². The molecule has 3 rings (SSSR count). The average molecular weight is 533 g/mol. The predicted octanol–water partition coefficient (Wildman–Crippen LogP) is 3.25. The summed E-state index contributed by atoms with van der Waals surface area (Å²) in [4.78, 5) is 12.0. The fourth-order valence-electron chi connectivity index (χ4n) is 4.64. The van der Waals surface area contributed by atoms with E-state index in [2.05, 4.69) is 52.1 Å². The summed E-state index contributed by atoms with van der Waals surface area (Å²) in [5.41, 5.74) is 0.230. The van der Waals surface area contributed by atoms with Crippen LogP contribution in [-0.4, -0.2) is 65.3 Å². The first-order valence-corrected chi connectivity index (χ1v) is 11.5. The molecular formula is C22H41IN6O. The van der Waals surface area contributed by atoms with Crippen molar-refractivity contribution in [2.75, 3.05) is 39.4 Å². The van der Waals surface area contributed by atoms with Crippen molar-refractivity contribution in [3.63, 3.8) is 0 Å². The zero-order valence-electron chi connectivity index (χ0n) is 19.0. The number of rotatable bonds is 8. The molecule has 1 aliphatic heterocycles. The third-order valence-corrected chi connectivity index (χ3v) is 6.14. The van der Waals surface area contributed by atoms with Crippen molar-refractivity contribution < 1.29 is 4.74 Å². The van der Waals surface area contributed by atoms with Gasteiger partial charge in [-0.3, -0.25) is 4.90 Å². The molecule has 0 bridgehead atoms. The molecule has 2 fully saturated rings. The van der Waals surface area contributed by atoms with Crippen molar-refractivity contribution in [3.8, 4) is 0 Å². The number of aromatic nitrogens is 2. The molecule has 1 aromatic rings. The summed E-state index contributed by atoms with van der Waals surface area (Å²) in [5.74, 6) is 2.51. The van der Waals surface area contributed by atoms with Crippen LogP contribution >= 0.6 is 24.0 Å². The zero-order chi connectivity index (χ0) is 20.5. The van der Waals surface area contributed by atoms with Crippen LogP contribution in [0.2, 0.25) is 0 Å². The second-order valence-electron chi connectivity index (χ2n) is 8.82. The monoisotopic (exact) mass is 532 g/mol. The summed E-state index contributed by atoms with van der Waals surface area (Å²) < 4.78 is 7.83. The fourth-order valence-corrected chi connectivity index (χ4v) is 4.64. The van der Waals surface area contributed by atoms with E-state index in [0.29, 0.717) is 12.5 Å². The Balaban J connectivity index is 0.00000320. The number of aliphatic imine (C=N–C) groups is 1. The van der Waals surface area contributed by atoms with Crippen LogP contribution in [0, 0.1) is 5.92 Å². The third kappa shape index (κ3) is 7.09. The normalized spacial score (nSPS) is 20.1. The Bertz CT molecular complexity index is 635. The lowest BCUT2D eigenvalue weighted by molar-refractivity contribution is -0.0352. The topological polar surface area (TPSA) is 66.7 Å². The molecule has 2 aliphatic rings. The second kappa shape index (κ2) is 12.9. The van der Waals surface area contributed by atoms with E-state index in [1.54, 1.807) is 0 Å². The maximum atomic E-state index is 5.61. The van der Waals surface area contributed by atoms with Gasteiger partial charge in [-0.05, 0) is 25.7 Å². The third-order valence-electron chi connectivity index (χ3n) is 6.14. The van der Waals surface area contributed by atoms with Crippen LogP contribution < -0.4 is 10.6 Å². The van der Waals surface area contributed by atoms with Crippen molar-refractivity contribution in [3.05, 3.63) is 18.2 Å². The molecule has 0 aromatic carbocycles. The number of nitrogens with one attached hydrogen (secondary N) is 2. The molecule has 7 nitrogen and oxygen atoms in total. The van der Waals surface area contributed by atoms with E-state index in [1.165, 1.54) is 32.1 Å². The van der Waals surface area contributed by atoms with E-state index in [1.807, 2.05) is 6.20 Å². The minimum absolute atomic E-state index is 0. The van der Waals surface area contributed by atoms with Crippen molar-refractivity contribution in [2.24, 2.45) is 10.9 Å². The zero-order valence-corrected chi connectivity index (χ0v) is 21.4. The van der Waals surface area contributed by atoms with Gasteiger partial charge in [0, 0.05) is 50.7 Å². The van der Waals surface area contributed by atoms with E-state index < -0.39 is 0 Å². The molecule has 8 heteroatoms. The van der Waals surface area contributed by atoms with E-state index in [0.717, 1.165) is 57.7 Å². The van der Waals surface area contributed by atoms with Crippen LogP contribution in [0.25, 0.3) is 0 Å². The quantitative estimate of drug-likeness (QED) is 0.306. The number of imidazole rings is 1. The van der Waals surface area contributed by atoms with Gasteiger partial charge in [-0.25, -0.2) is 9.98 Å². The summed E-state index contributed by atoms with van der Waals surface area (Å²) in [7, 11) is 0. The van der Waals surface area contributed by atoms with Gasteiger partial charge < -0.3 is 19.9 Å². The largest absolute Gasteiger partial charge is 0.379 e. The molecule has 0 unspecified atom stereocenters. The maximum absolute atomic E-state index is 5.61. The fraction of sp³-hybridized carbons (Fsp3) is 0.818. The lowest BCUT2D eigenvalue weighted by atomic mass is 9.80. The first-order chi connectivity index (χ1) is 14.1. The Morgan fingerprint density at radius 1 is 1.20 bits per heavy atom. The Labute approximate surface area is 199 Å². The molecule has 1 aromatic heterocycles. The standard InChI is InChI=1S/C22H40N6O.HI/c1-4-23-21(25-16-20-24-10-11-27(20)17-19(2)3)26-18-22(8-6-5-7-9-22)28-12-14-29-15-13-28;/h10-11,19H,4-9,12-18H2,1-3H3,(H2,23,25,26);1H. The second-order valence-corrected chi connectivity index (χ2v) is 8.82. The van der Waals surface area contributed by atoms with Gasteiger partial charge in [0.25, 0.3) is 0 Å². The minimum Gasteiger partial charge on any atom is -0.379 e. The molecule has 1 aliphatic carbocycles. The highest BCUT2D eigenvalue weighted by atomic mass is 127. The van der Waals surface area contributed by atoms with Crippen LogP contribution in [0.4, 0.5) is 0 Å². The van der Waals surface area contributed by atoms with Gasteiger partial charge >= 0.3 is 0 Å². The molecule has 0 amide bonds. The van der Waals surface area contributed by atoms with Crippen molar-refractivity contribution in [1.82, 2.24) is 25.1 Å². The lowest BCUT2D eigenvalue weighted by Gasteiger charge is -2.48. The SMILES string of the molecule is CCNC(=NCc1nccn1CC(C)C)NCC1(N2CCOCC2)CCCCC1.I. The summed E-state index contributed by atoms with van der Waals surface area (Å²) >= 11 is 0. The summed E-state index contributed by atoms with van der Waals surface area (Å²) in [6.07, 6.45) is 10.5. The number of halogens is 1. The molecule has 1 saturated heterocycles. The first kappa shape index (κ1) is 25.4. The van der Waals surface area contributed by atoms with Gasteiger partial charge in [-0.15, -0.1) is 24.0 Å². The number of morpholine rings is 1. The molecule has 0 spiro atoms. The van der Waals surface area contributed by atoms with E-state index >= 15 is 0 Å². The number of ether oxygens (including phenoxy) is 1. The Morgan fingerprint density at radius 2 is 1.93 bits per heavy atom. The number of guanidine groups is 1. The van der Waals surface area contributed by atoms with Gasteiger partial charge in [0.15, 0.2) is 5.96 Å². The number of hydrogen-bond donors (Lipinski definition) is 2. The van der Waals surface area contributed by atoms with E-state index in [4.69, 9.17) is 9.73 Å². The molecule has 2 N–H and O–H groups in total. The minimum atomic E-state index is 0. The Kier molecular flexibility index (Phi) is 10.9. The van der Waals surface area contributed by atoms with Crippen LogP contribution in [0.15, 0.2) is 17.4 Å². The molecular weight excluding hydrogens is 491 g/mol. The highest BCUT2D eigenvalue weighted by molar-refractivity contribution is 14.0. The molecule has 30 heavy (non-hydrogen) atoms. The Morgan fingerprint density at radius 3 is 2.60 bits per heavy atom. The predicted molar refractivity (Wildman–Crippen MR) is 134 cm³/mol. The summed E-state index contributed by atoms with van der Waals surface area (Å²) in [5, 5.41) is 7.09.